The fourth-order valence-electron chi connectivity index (χ4n) is 3.17. The molecule has 2 rings (SSSR count). The zero-order valence-corrected chi connectivity index (χ0v) is 13.2. The highest BCUT2D eigenvalue weighted by Crippen LogP contribution is 2.31. The second kappa shape index (κ2) is 7.46. The minimum absolute atomic E-state index is 0.666. The van der Waals surface area contributed by atoms with Crippen molar-refractivity contribution in [1.82, 2.24) is 9.97 Å². The first-order valence-electron chi connectivity index (χ1n) is 8.16. The summed E-state index contributed by atoms with van der Waals surface area (Å²) in [5.74, 6) is 2.17. The van der Waals surface area contributed by atoms with Crippen molar-refractivity contribution >= 4 is 11.6 Å². The van der Waals surface area contributed by atoms with Crippen LogP contribution in [0.2, 0.25) is 0 Å². The summed E-state index contributed by atoms with van der Waals surface area (Å²) >= 11 is 0. The van der Waals surface area contributed by atoms with Gasteiger partial charge in [-0.05, 0) is 32.6 Å². The summed E-state index contributed by atoms with van der Waals surface area (Å²) in [6.07, 6.45) is 9.12. The monoisotopic (exact) mass is 276 g/mol. The van der Waals surface area contributed by atoms with Crippen LogP contribution >= 0.6 is 0 Å². The summed E-state index contributed by atoms with van der Waals surface area (Å²) in [5, 5.41) is 3.45. The molecule has 1 aliphatic carbocycles. The molecule has 0 amide bonds. The highest BCUT2D eigenvalue weighted by molar-refractivity contribution is 5.59. The molecule has 0 spiro atoms. The van der Waals surface area contributed by atoms with Gasteiger partial charge < -0.3 is 10.2 Å². The number of hydrogen-bond donors (Lipinski definition) is 1. The first-order chi connectivity index (χ1) is 9.81. The van der Waals surface area contributed by atoms with Crippen LogP contribution in [0.15, 0.2) is 6.33 Å². The summed E-state index contributed by atoms with van der Waals surface area (Å²) in [6, 6.07) is 0.666. The van der Waals surface area contributed by atoms with Crippen LogP contribution < -0.4 is 10.2 Å². The van der Waals surface area contributed by atoms with Gasteiger partial charge in [-0.3, -0.25) is 0 Å². The van der Waals surface area contributed by atoms with Gasteiger partial charge in [0.15, 0.2) is 0 Å². The van der Waals surface area contributed by atoms with Crippen LogP contribution in [0, 0.1) is 0 Å². The Morgan fingerprint density at radius 1 is 1.20 bits per heavy atom. The molecule has 0 atom stereocenters. The average molecular weight is 276 g/mol. The van der Waals surface area contributed by atoms with Crippen LogP contribution in [-0.2, 0) is 6.42 Å². The van der Waals surface area contributed by atoms with Crippen molar-refractivity contribution in [2.75, 3.05) is 23.3 Å². The highest BCUT2D eigenvalue weighted by atomic mass is 15.2. The van der Waals surface area contributed by atoms with E-state index in [1.807, 2.05) is 0 Å². The lowest BCUT2D eigenvalue weighted by Crippen LogP contribution is -2.34. The van der Waals surface area contributed by atoms with Crippen molar-refractivity contribution in [1.29, 1.82) is 0 Å². The lowest BCUT2D eigenvalue weighted by molar-refractivity contribution is 0.609. The van der Waals surface area contributed by atoms with Gasteiger partial charge in [-0.15, -0.1) is 0 Å². The Morgan fingerprint density at radius 3 is 2.55 bits per heavy atom. The predicted octanol–water partition coefficient (Wildman–Crippen LogP) is 3.63. The van der Waals surface area contributed by atoms with E-state index in [0.29, 0.717) is 6.04 Å². The molecular formula is C16H28N4. The second-order valence-electron chi connectivity index (χ2n) is 5.53. The Balaban J connectivity index is 2.28. The lowest BCUT2D eigenvalue weighted by atomic mass is 10.1. The predicted molar refractivity (Wildman–Crippen MR) is 85.5 cm³/mol. The third kappa shape index (κ3) is 3.22. The number of anilines is 2. The van der Waals surface area contributed by atoms with E-state index in [4.69, 9.17) is 0 Å². The molecule has 1 fully saturated rings. The van der Waals surface area contributed by atoms with Crippen molar-refractivity contribution in [3.05, 3.63) is 11.9 Å². The van der Waals surface area contributed by atoms with Crippen LogP contribution in [0.4, 0.5) is 11.6 Å². The maximum absolute atomic E-state index is 4.61. The van der Waals surface area contributed by atoms with Crippen molar-refractivity contribution in [3.63, 3.8) is 0 Å². The number of aromatic nitrogens is 2. The van der Waals surface area contributed by atoms with Crippen molar-refractivity contribution in [3.8, 4) is 0 Å². The molecular weight excluding hydrogens is 248 g/mol. The Labute approximate surface area is 123 Å². The largest absolute Gasteiger partial charge is 0.370 e. The molecule has 0 unspecified atom stereocenters. The maximum atomic E-state index is 4.61. The van der Waals surface area contributed by atoms with Gasteiger partial charge in [0.05, 0.1) is 0 Å². The second-order valence-corrected chi connectivity index (χ2v) is 5.53. The first kappa shape index (κ1) is 15.1. The maximum Gasteiger partial charge on any atom is 0.137 e. The van der Waals surface area contributed by atoms with E-state index >= 15 is 0 Å². The Hall–Kier alpha value is -1.32. The molecule has 1 aromatic rings. The van der Waals surface area contributed by atoms with E-state index in [-0.39, 0.29) is 0 Å². The minimum Gasteiger partial charge on any atom is -0.370 e. The van der Waals surface area contributed by atoms with Crippen LogP contribution in [0.25, 0.3) is 0 Å². The molecule has 1 aliphatic rings. The van der Waals surface area contributed by atoms with E-state index in [2.05, 4.69) is 41.0 Å². The average Bonchev–Trinajstić information content (AvgIpc) is 3.00. The Kier molecular flexibility index (Phi) is 5.62. The van der Waals surface area contributed by atoms with E-state index in [0.717, 1.165) is 37.6 Å². The number of hydrogen-bond acceptors (Lipinski definition) is 4. The van der Waals surface area contributed by atoms with Gasteiger partial charge >= 0.3 is 0 Å². The fraction of sp³-hybridized carbons (Fsp3) is 0.750. The van der Waals surface area contributed by atoms with E-state index in [1.165, 1.54) is 31.2 Å². The third-order valence-corrected chi connectivity index (χ3v) is 4.20. The SMILES string of the molecule is CCCNc1ncnc(N(CC)C2CCCC2)c1CC. The molecule has 0 bridgehead atoms. The van der Waals surface area contributed by atoms with Gasteiger partial charge in [-0.25, -0.2) is 9.97 Å². The molecule has 4 heteroatoms. The minimum atomic E-state index is 0.666. The normalized spacial score (nSPS) is 15.6. The van der Waals surface area contributed by atoms with E-state index in [9.17, 15) is 0 Å². The summed E-state index contributed by atoms with van der Waals surface area (Å²) < 4.78 is 0. The smallest absolute Gasteiger partial charge is 0.137 e. The van der Waals surface area contributed by atoms with E-state index in [1.54, 1.807) is 6.33 Å². The summed E-state index contributed by atoms with van der Waals surface area (Å²) in [7, 11) is 0. The van der Waals surface area contributed by atoms with Crippen molar-refractivity contribution in [2.24, 2.45) is 0 Å². The van der Waals surface area contributed by atoms with Gasteiger partial charge in [-0.2, -0.15) is 0 Å². The lowest BCUT2D eigenvalue weighted by Gasteiger charge is -2.31. The highest BCUT2D eigenvalue weighted by Gasteiger charge is 2.25. The van der Waals surface area contributed by atoms with Gasteiger partial charge in [0.1, 0.15) is 18.0 Å². The summed E-state index contributed by atoms with van der Waals surface area (Å²) in [5.41, 5.74) is 1.27. The molecule has 1 aromatic heterocycles. The van der Waals surface area contributed by atoms with Crippen LogP contribution in [0.5, 0.6) is 0 Å². The molecule has 20 heavy (non-hydrogen) atoms. The number of nitrogens with one attached hydrogen (secondary N) is 1. The number of nitrogens with zero attached hydrogens (tertiary/aromatic N) is 3. The van der Waals surface area contributed by atoms with Gasteiger partial charge in [0, 0.05) is 24.7 Å². The Bertz CT molecular complexity index is 413. The zero-order valence-electron chi connectivity index (χ0n) is 13.2. The zero-order chi connectivity index (χ0) is 14.4. The summed E-state index contributed by atoms with van der Waals surface area (Å²) in [4.78, 5) is 11.5. The molecule has 0 saturated heterocycles. The molecule has 1 saturated carbocycles. The van der Waals surface area contributed by atoms with Gasteiger partial charge in [0.25, 0.3) is 0 Å². The molecule has 4 nitrogen and oxygen atoms in total. The van der Waals surface area contributed by atoms with Crippen LogP contribution in [-0.4, -0.2) is 29.1 Å². The molecule has 0 radical (unpaired) electrons. The van der Waals surface area contributed by atoms with Gasteiger partial charge in [-0.1, -0.05) is 26.7 Å². The van der Waals surface area contributed by atoms with Crippen molar-refractivity contribution < 1.29 is 0 Å². The van der Waals surface area contributed by atoms with Crippen LogP contribution in [0.3, 0.4) is 0 Å². The fourth-order valence-corrected chi connectivity index (χ4v) is 3.17. The van der Waals surface area contributed by atoms with E-state index < -0.39 is 0 Å². The molecule has 0 aromatic carbocycles. The van der Waals surface area contributed by atoms with Gasteiger partial charge in [0.2, 0.25) is 0 Å². The molecule has 112 valence electrons. The summed E-state index contributed by atoms with van der Waals surface area (Å²) in [6.45, 7) is 8.61. The van der Waals surface area contributed by atoms with Crippen LogP contribution in [0.1, 0.15) is 58.4 Å². The number of rotatable bonds is 7. The van der Waals surface area contributed by atoms with Crippen molar-refractivity contribution in [2.45, 2.75) is 65.3 Å². The molecule has 1 N–H and O–H groups in total. The molecule has 1 heterocycles. The molecule has 0 aliphatic heterocycles. The first-order valence-corrected chi connectivity index (χ1v) is 8.16. The third-order valence-electron chi connectivity index (χ3n) is 4.20. The Morgan fingerprint density at radius 2 is 1.95 bits per heavy atom. The standard InChI is InChI=1S/C16H28N4/c1-4-11-17-15-14(5-2)16(19-12-18-15)20(6-3)13-9-7-8-10-13/h12-13H,4-11H2,1-3H3,(H,17,18,19). The topological polar surface area (TPSA) is 41.1 Å². The quantitative estimate of drug-likeness (QED) is 0.825.